The minimum Gasteiger partial charge on any atom is -0.469 e. The molecular weight excluding hydrogens is 306 g/mol. The number of nitro groups is 1. The Bertz CT molecular complexity index is 667. The molecule has 4 bridgehead atoms. The van der Waals surface area contributed by atoms with Crippen LogP contribution in [0.15, 0.2) is 24.3 Å². The quantitative estimate of drug-likeness (QED) is 0.476. The Morgan fingerprint density at radius 2 is 1.83 bits per heavy atom. The summed E-state index contributed by atoms with van der Waals surface area (Å²) in [7, 11) is 1.47. The summed E-state index contributed by atoms with van der Waals surface area (Å²) in [5, 5.41) is 10.9. The van der Waals surface area contributed by atoms with Gasteiger partial charge in [0.1, 0.15) is 0 Å². The molecule has 0 spiro atoms. The van der Waals surface area contributed by atoms with Gasteiger partial charge in [-0.15, -0.1) is 0 Å². The second-order valence-electron chi connectivity index (χ2n) is 8.30. The monoisotopic (exact) mass is 329 g/mol. The van der Waals surface area contributed by atoms with Crippen molar-refractivity contribution in [1.29, 1.82) is 0 Å². The predicted octanol–water partition coefficient (Wildman–Crippen LogP) is 4.00. The third-order valence-electron chi connectivity index (χ3n) is 6.62. The first-order valence-corrected chi connectivity index (χ1v) is 8.75. The molecule has 0 N–H and O–H groups in total. The van der Waals surface area contributed by atoms with Crippen LogP contribution in [0.2, 0.25) is 0 Å². The van der Waals surface area contributed by atoms with E-state index >= 15 is 0 Å². The highest BCUT2D eigenvalue weighted by Crippen LogP contribution is 2.66. The largest absolute Gasteiger partial charge is 0.469 e. The Balaban J connectivity index is 1.67. The summed E-state index contributed by atoms with van der Waals surface area (Å²) in [5.41, 5.74) is 1.52. The smallest absolute Gasteiger partial charge is 0.306 e. The van der Waals surface area contributed by atoms with Gasteiger partial charge in [-0.1, -0.05) is 12.1 Å². The first-order chi connectivity index (χ1) is 11.4. The number of hydrogen-bond acceptors (Lipinski definition) is 4. The molecule has 128 valence electrons. The fraction of sp³-hybridized carbons (Fsp3) is 0.632. The highest BCUT2D eigenvalue weighted by atomic mass is 16.6. The average molecular weight is 329 g/mol. The molecule has 4 aliphatic carbocycles. The normalized spacial score (nSPS) is 36.5. The van der Waals surface area contributed by atoms with E-state index in [2.05, 4.69) is 0 Å². The van der Waals surface area contributed by atoms with Crippen molar-refractivity contribution in [2.24, 2.45) is 17.3 Å². The van der Waals surface area contributed by atoms with Crippen LogP contribution in [0, 0.1) is 27.4 Å². The van der Waals surface area contributed by atoms with Gasteiger partial charge >= 0.3 is 5.97 Å². The van der Waals surface area contributed by atoms with E-state index < -0.39 is 0 Å². The van der Waals surface area contributed by atoms with E-state index in [0.717, 1.165) is 32.1 Å². The lowest BCUT2D eigenvalue weighted by Gasteiger charge is -2.62. The highest BCUT2D eigenvalue weighted by Gasteiger charge is 2.58. The molecule has 5 nitrogen and oxygen atoms in total. The molecular formula is C19H23NO4. The lowest BCUT2D eigenvalue weighted by Crippen LogP contribution is -2.54. The zero-order chi connectivity index (χ0) is 16.9. The van der Waals surface area contributed by atoms with E-state index in [4.69, 9.17) is 4.74 Å². The number of carbonyl (C=O) groups excluding carboxylic acids is 1. The third-order valence-corrected chi connectivity index (χ3v) is 6.62. The Labute approximate surface area is 141 Å². The number of esters is 1. The Morgan fingerprint density at radius 1 is 1.21 bits per heavy atom. The highest BCUT2D eigenvalue weighted by molar-refractivity contribution is 5.70. The van der Waals surface area contributed by atoms with Crippen LogP contribution in [0.4, 0.5) is 5.69 Å². The van der Waals surface area contributed by atoms with Crippen LogP contribution in [0.3, 0.4) is 0 Å². The first kappa shape index (κ1) is 15.6. The summed E-state index contributed by atoms with van der Waals surface area (Å²) in [6.45, 7) is 0. The number of benzene rings is 1. The van der Waals surface area contributed by atoms with Gasteiger partial charge in [0.25, 0.3) is 5.69 Å². The molecule has 0 heterocycles. The number of ether oxygens (including phenoxy) is 1. The molecule has 0 aromatic heterocycles. The summed E-state index contributed by atoms with van der Waals surface area (Å²) < 4.78 is 4.96. The Hall–Kier alpha value is -1.91. The third kappa shape index (κ3) is 2.41. The minimum atomic E-state index is -0.345. The molecule has 2 unspecified atom stereocenters. The predicted molar refractivity (Wildman–Crippen MR) is 88.5 cm³/mol. The van der Waals surface area contributed by atoms with Crippen LogP contribution >= 0.6 is 0 Å². The van der Waals surface area contributed by atoms with E-state index in [1.165, 1.54) is 19.1 Å². The fourth-order valence-corrected chi connectivity index (χ4v) is 6.31. The van der Waals surface area contributed by atoms with Crippen molar-refractivity contribution < 1.29 is 14.5 Å². The summed E-state index contributed by atoms with van der Waals surface area (Å²) >= 11 is 0. The lowest BCUT2D eigenvalue weighted by atomic mass is 9.42. The zero-order valence-electron chi connectivity index (χ0n) is 14.0. The minimum absolute atomic E-state index is 0.0684. The van der Waals surface area contributed by atoms with Gasteiger partial charge in [0, 0.05) is 12.1 Å². The maximum Gasteiger partial charge on any atom is 0.306 e. The van der Waals surface area contributed by atoms with Gasteiger partial charge in [0.05, 0.1) is 18.5 Å². The molecule has 5 heteroatoms. The van der Waals surface area contributed by atoms with Gasteiger partial charge < -0.3 is 4.74 Å². The van der Waals surface area contributed by atoms with Crippen molar-refractivity contribution in [3.05, 3.63) is 39.9 Å². The first-order valence-electron chi connectivity index (χ1n) is 8.75. The van der Waals surface area contributed by atoms with E-state index in [9.17, 15) is 14.9 Å². The van der Waals surface area contributed by atoms with E-state index in [1.807, 2.05) is 12.1 Å². The number of non-ortho nitro benzene ring substituents is 1. The van der Waals surface area contributed by atoms with E-state index in [0.29, 0.717) is 18.3 Å². The van der Waals surface area contributed by atoms with Crippen LogP contribution in [0.25, 0.3) is 0 Å². The van der Waals surface area contributed by atoms with Crippen molar-refractivity contribution in [3.63, 3.8) is 0 Å². The molecule has 0 saturated heterocycles. The van der Waals surface area contributed by atoms with Gasteiger partial charge in [0.15, 0.2) is 0 Å². The van der Waals surface area contributed by atoms with Crippen LogP contribution in [-0.2, 0) is 14.9 Å². The number of rotatable bonds is 4. The molecule has 0 radical (unpaired) electrons. The molecule has 4 aliphatic rings. The van der Waals surface area contributed by atoms with E-state index in [-0.39, 0.29) is 27.4 Å². The molecule has 1 aromatic rings. The molecule has 0 aliphatic heterocycles. The molecule has 5 rings (SSSR count). The van der Waals surface area contributed by atoms with Crippen molar-refractivity contribution >= 4 is 11.7 Å². The Kier molecular flexibility index (Phi) is 3.44. The molecule has 4 fully saturated rings. The molecule has 24 heavy (non-hydrogen) atoms. The second-order valence-corrected chi connectivity index (χ2v) is 8.30. The fourth-order valence-electron chi connectivity index (χ4n) is 6.31. The van der Waals surface area contributed by atoms with Crippen LogP contribution in [0.5, 0.6) is 0 Å². The number of hydrogen-bond donors (Lipinski definition) is 0. The van der Waals surface area contributed by atoms with Gasteiger partial charge in [-0.05, 0) is 66.8 Å². The van der Waals surface area contributed by atoms with Gasteiger partial charge in [-0.25, -0.2) is 0 Å². The van der Waals surface area contributed by atoms with Crippen LogP contribution in [-0.4, -0.2) is 18.0 Å². The number of nitro benzene ring substituents is 1. The van der Waals surface area contributed by atoms with Crippen molar-refractivity contribution in [2.75, 3.05) is 7.11 Å². The lowest BCUT2D eigenvalue weighted by molar-refractivity contribution is -0.384. The standard InChI is InChI=1S/C19H23NO4/c1-24-17(21)11-18-7-13-6-14(8-18)10-19(9-13,12-18)15-2-4-16(5-3-15)20(22)23/h2-5,13-14H,6-12H2,1H3. The van der Waals surface area contributed by atoms with Gasteiger partial charge in [-0.3, -0.25) is 14.9 Å². The molecule has 4 saturated carbocycles. The summed E-state index contributed by atoms with van der Waals surface area (Å²) in [4.78, 5) is 22.5. The Morgan fingerprint density at radius 3 is 2.38 bits per heavy atom. The van der Waals surface area contributed by atoms with Crippen molar-refractivity contribution in [3.8, 4) is 0 Å². The van der Waals surface area contributed by atoms with E-state index in [1.54, 1.807) is 12.1 Å². The summed E-state index contributed by atoms with van der Waals surface area (Å²) in [6.07, 6.45) is 7.39. The number of carbonyl (C=O) groups is 1. The van der Waals surface area contributed by atoms with Crippen LogP contribution < -0.4 is 0 Å². The van der Waals surface area contributed by atoms with Gasteiger partial charge in [-0.2, -0.15) is 0 Å². The summed E-state index contributed by atoms with van der Waals surface area (Å²) in [6, 6.07) is 7.13. The maximum absolute atomic E-state index is 12.0. The summed E-state index contributed by atoms with van der Waals surface area (Å²) in [5.74, 6) is 1.24. The van der Waals surface area contributed by atoms with Crippen molar-refractivity contribution in [2.45, 2.75) is 50.4 Å². The van der Waals surface area contributed by atoms with Crippen LogP contribution in [0.1, 0.15) is 50.5 Å². The topological polar surface area (TPSA) is 69.4 Å². The molecule has 2 atom stereocenters. The molecule has 0 amide bonds. The maximum atomic E-state index is 12.0. The number of nitrogens with zero attached hydrogens (tertiary/aromatic N) is 1. The van der Waals surface area contributed by atoms with Gasteiger partial charge in [0.2, 0.25) is 0 Å². The SMILES string of the molecule is COC(=O)CC12CC3CC(C1)CC(c1ccc([N+](=O)[O-])cc1)(C3)C2. The second kappa shape index (κ2) is 5.30. The zero-order valence-corrected chi connectivity index (χ0v) is 14.0. The molecule has 1 aromatic carbocycles. The average Bonchev–Trinajstić information content (AvgIpc) is 2.53. The van der Waals surface area contributed by atoms with Crippen molar-refractivity contribution in [1.82, 2.24) is 0 Å². The number of methoxy groups -OCH3 is 1.